The summed E-state index contributed by atoms with van der Waals surface area (Å²) in [6.45, 7) is 2.45. The summed E-state index contributed by atoms with van der Waals surface area (Å²) < 4.78 is 64.4. The van der Waals surface area contributed by atoms with Gasteiger partial charge in [0.2, 0.25) is 9.84 Å². The molecule has 0 saturated heterocycles. The molecule has 26 heavy (non-hydrogen) atoms. The summed E-state index contributed by atoms with van der Waals surface area (Å²) in [7, 11) is -0.0385. The van der Waals surface area contributed by atoms with E-state index in [1.807, 2.05) is 19.0 Å². The second kappa shape index (κ2) is 6.86. The van der Waals surface area contributed by atoms with Crippen LogP contribution in [-0.2, 0) is 22.4 Å². The van der Waals surface area contributed by atoms with Gasteiger partial charge in [-0.15, -0.1) is 11.3 Å². The molecular formula is C17H19F3N2O2S2. The standard InChI is InChI=1S/C17H19F3N2O2S2/c1-21(2)8-9-22-7-6-12-10-15(25-16(12)22)26(23,24)14-5-3-4-13(11-14)17(18,19)20/h3-5,10-11H,6-9H2,1-2H3. The highest BCUT2D eigenvalue weighted by Gasteiger charge is 2.33. The van der Waals surface area contributed by atoms with Crippen LogP contribution in [0.3, 0.4) is 0 Å². The van der Waals surface area contributed by atoms with E-state index in [0.717, 1.165) is 60.1 Å². The number of likely N-dealkylation sites (N-methyl/N-ethyl adjacent to an activating group) is 1. The van der Waals surface area contributed by atoms with Crippen LogP contribution in [0.4, 0.5) is 18.2 Å². The van der Waals surface area contributed by atoms with Gasteiger partial charge in [0.25, 0.3) is 0 Å². The predicted molar refractivity (Wildman–Crippen MR) is 95.7 cm³/mol. The number of thiophene rings is 1. The van der Waals surface area contributed by atoms with Crippen LogP contribution in [0.15, 0.2) is 39.4 Å². The van der Waals surface area contributed by atoms with Crippen LogP contribution in [0.2, 0.25) is 0 Å². The van der Waals surface area contributed by atoms with E-state index in [1.54, 1.807) is 6.07 Å². The highest BCUT2D eigenvalue weighted by atomic mass is 32.2. The number of benzene rings is 1. The lowest BCUT2D eigenvalue weighted by Crippen LogP contribution is -2.29. The molecule has 0 fully saturated rings. The summed E-state index contributed by atoms with van der Waals surface area (Å²) >= 11 is 1.14. The van der Waals surface area contributed by atoms with E-state index in [0.29, 0.717) is 6.07 Å². The van der Waals surface area contributed by atoms with E-state index < -0.39 is 21.6 Å². The molecule has 1 aliphatic heterocycles. The number of sulfone groups is 1. The quantitative estimate of drug-likeness (QED) is 0.765. The fourth-order valence-electron chi connectivity index (χ4n) is 2.82. The van der Waals surface area contributed by atoms with Crippen molar-refractivity contribution in [1.82, 2.24) is 4.90 Å². The van der Waals surface area contributed by atoms with E-state index in [4.69, 9.17) is 0 Å². The van der Waals surface area contributed by atoms with Gasteiger partial charge in [-0.25, -0.2) is 8.42 Å². The first-order valence-corrected chi connectivity index (χ1v) is 10.3. The van der Waals surface area contributed by atoms with Gasteiger partial charge in [-0.2, -0.15) is 13.2 Å². The third-order valence-corrected chi connectivity index (χ3v) is 7.72. The van der Waals surface area contributed by atoms with Crippen molar-refractivity contribution in [2.45, 2.75) is 21.7 Å². The first-order chi connectivity index (χ1) is 12.1. The molecule has 142 valence electrons. The number of hydrogen-bond donors (Lipinski definition) is 0. The number of alkyl halides is 3. The molecule has 2 aromatic rings. The van der Waals surface area contributed by atoms with Gasteiger partial charge in [-0.1, -0.05) is 6.07 Å². The van der Waals surface area contributed by atoms with Crippen molar-refractivity contribution in [1.29, 1.82) is 0 Å². The van der Waals surface area contributed by atoms with Crippen molar-refractivity contribution in [3.8, 4) is 0 Å². The highest BCUT2D eigenvalue weighted by molar-refractivity contribution is 7.93. The Hall–Kier alpha value is -1.58. The van der Waals surface area contributed by atoms with Crippen LogP contribution in [0, 0.1) is 0 Å². The van der Waals surface area contributed by atoms with Gasteiger partial charge < -0.3 is 9.80 Å². The molecule has 1 aromatic carbocycles. The summed E-state index contributed by atoms with van der Waals surface area (Å²) in [6.07, 6.45) is -3.83. The lowest BCUT2D eigenvalue weighted by Gasteiger charge is -2.20. The minimum absolute atomic E-state index is 0.0939. The monoisotopic (exact) mass is 404 g/mol. The van der Waals surface area contributed by atoms with Crippen LogP contribution >= 0.6 is 11.3 Å². The Morgan fingerprint density at radius 1 is 1.23 bits per heavy atom. The van der Waals surface area contributed by atoms with E-state index in [-0.39, 0.29) is 9.10 Å². The number of fused-ring (bicyclic) bond motifs is 1. The van der Waals surface area contributed by atoms with Crippen molar-refractivity contribution in [3.63, 3.8) is 0 Å². The smallest absolute Gasteiger partial charge is 0.362 e. The predicted octanol–water partition coefficient (Wildman–Crippen LogP) is 3.52. The molecule has 0 amide bonds. The van der Waals surface area contributed by atoms with Gasteiger partial charge in [0.15, 0.2) is 0 Å². The summed E-state index contributed by atoms with van der Waals surface area (Å²) in [5.41, 5.74) is -0.0189. The first kappa shape index (κ1) is 19.2. The molecule has 0 atom stereocenters. The van der Waals surface area contributed by atoms with Gasteiger partial charge in [0, 0.05) is 19.6 Å². The third-order valence-electron chi connectivity index (χ3n) is 4.26. The van der Waals surface area contributed by atoms with Crippen LogP contribution < -0.4 is 4.90 Å². The lowest BCUT2D eigenvalue weighted by atomic mass is 10.2. The molecule has 0 aliphatic carbocycles. The van der Waals surface area contributed by atoms with Gasteiger partial charge in [0.05, 0.1) is 15.5 Å². The van der Waals surface area contributed by atoms with Gasteiger partial charge in [-0.3, -0.25) is 0 Å². The fraction of sp³-hybridized carbons (Fsp3) is 0.412. The zero-order valence-electron chi connectivity index (χ0n) is 14.4. The van der Waals surface area contributed by atoms with Gasteiger partial charge in [-0.05, 0) is 50.3 Å². The Kier molecular flexibility index (Phi) is 5.06. The second-order valence-corrected chi connectivity index (χ2v) is 9.67. The van der Waals surface area contributed by atoms with Gasteiger partial charge in [0.1, 0.15) is 4.21 Å². The number of hydrogen-bond acceptors (Lipinski definition) is 5. The maximum absolute atomic E-state index is 12.9. The molecule has 1 aliphatic rings. The molecular weight excluding hydrogens is 385 g/mol. The fourth-order valence-corrected chi connectivity index (χ4v) is 5.85. The van der Waals surface area contributed by atoms with Crippen molar-refractivity contribution in [2.75, 3.05) is 38.6 Å². The summed E-state index contributed by atoms with van der Waals surface area (Å²) in [5.74, 6) is 0. The van der Waals surface area contributed by atoms with Crippen LogP contribution in [0.5, 0.6) is 0 Å². The SMILES string of the molecule is CN(C)CCN1CCc2cc(S(=O)(=O)c3cccc(C(F)(F)F)c3)sc21. The Morgan fingerprint density at radius 2 is 1.96 bits per heavy atom. The minimum Gasteiger partial charge on any atom is -0.362 e. The lowest BCUT2D eigenvalue weighted by molar-refractivity contribution is -0.137. The van der Waals surface area contributed by atoms with Crippen LogP contribution in [-0.4, -0.2) is 47.0 Å². The molecule has 3 rings (SSSR count). The Bertz CT molecular complexity index is 905. The largest absolute Gasteiger partial charge is 0.416 e. The Labute approximate surface area is 154 Å². The molecule has 2 heterocycles. The molecule has 0 radical (unpaired) electrons. The second-order valence-electron chi connectivity index (χ2n) is 6.47. The summed E-state index contributed by atoms with van der Waals surface area (Å²) in [6, 6.07) is 5.51. The van der Waals surface area contributed by atoms with Crippen molar-refractivity contribution >= 4 is 26.2 Å². The number of halogens is 3. The highest BCUT2D eigenvalue weighted by Crippen LogP contribution is 2.41. The third kappa shape index (κ3) is 3.74. The average molecular weight is 404 g/mol. The van der Waals surface area contributed by atoms with E-state index in [2.05, 4.69) is 4.90 Å². The molecule has 9 heteroatoms. The zero-order chi connectivity index (χ0) is 19.1. The van der Waals surface area contributed by atoms with Gasteiger partial charge >= 0.3 is 6.18 Å². The minimum atomic E-state index is -4.58. The molecule has 0 saturated carbocycles. The van der Waals surface area contributed by atoms with E-state index in [1.165, 1.54) is 6.07 Å². The van der Waals surface area contributed by atoms with E-state index >= 15 is 0 Å². The topological polar surface area (TPSA) is 40.6 Å². The molecule has 0 N–H and O–H groups in total. The van der Waals surface area contributed by atoms with E-state index in [9.17, 15) is 21.6 Å². The Balaban J connectivity index is 1.92. The van der Waals surface area contributed by atoms with Crippen molar-refractivity contribution < 1.29 is 21.6 Å². The average Bonchev–Trinajstić information content (AvgIpc) is 3.13. The normalized spacial score (nSPS) is 14.9. The maximum Gasteiger partial charge on any atom is 0.416 e. The Morgan fingerprint density at radius 3 is 2.62 bits per heavy atom. The molecule has 0 unspecified atom stereocenters. The zero-order valence-corrected chi connectivity index (χ0v) is 16.0. The number of rotatable bonds is 5. The molecule has 0 bridgehead atoms. The van der Waals surface area contributed by atoms with Crippen molar-refractivity contribution in [3.05, 3.63) is 41.5 Å². The van der Waals surface area contributed by atoms with Crippen LogP contribution in [0.25, 0.3) is 0 Å². The summed E-state index contributed by atoms with van der Waals surface area (Å²) in [5, 5.41) is 0.900. The number of nitrogens with zero attached hydrogens (tertiary/aromatic N) is 2. The molecule has 0 spiro atoms. The van der Waals surface area contributed by atoms with Crippen LogP contribution in [0.1, 0.15) is 11.1 Å². The summed E-state index contributed by atoms with van der Waals surface area (Å²) in [4.78, 5) is 3.85. The number of anilines is 1. The maximum atomic E-state index is 12.9. The van der Waals surface area contributed by atoms with Crippen molar-refractivity contribution in [2.24, 2.45) is 0 Å². The first-order valence-electron chi connectivity index (χ1n) is 8.04. The molecule has 1 aromatic heterocycles. The molecule has 4 nitrogen and oxygen atoms in total.